The monoisotopic (exact) mass is 783 g/mol. The first kappa shape index (κ1) is 37.3. The highest BCUT2D eigenvalue weighted by molar-refractivity contribution is 6.01. The number of alkyl halides is 2. The summed E-state index contributed by atoms with van der Waals surface area (Å²) in [6.07, 6.45) is 11.2. The Morgan fingerprint density at radius 2 is 1.88 bits per heavy atom. The smallest absolute Gasteiger partial charge is 0.282 e. The summed E-state index contributed by atoms with van der Waals surface area (Å²) in [5.41, 5.74) is 3.07. The lowest BCUT2D eigenvalue weighted by atomic mass is 9.85. The van der Waals surface area contributed by atoms with Gasteiger partial charge in [0.15, 0.2) is 11.2 Å². The molecule has 0 spiro atoms. The quantitative estimate of drug-likeness (QED) is 0.155. The van der Waals surface area contributed by atoms with E-state index in [9.17, 15) is 18.4 Å². The Balaban J connectivity index is 0.762. The van der Waals surface area contributed by atoms with Crippen molar-refractivity contribution < 1.29 is 27.6 Å². The van der Waals surface area contributed by atoms with E-state index < -0.39 is 6.43 Å². The molecule has 3 N–H and O–H groups in total. The van der Waals surface area contributed by atoms with E-state index in [1.807, 2.05) is 36.4 Å². The molecular formula is C40H47F2N11O4. The SMILES string of the molecule is O=C1CCC(c2noc3c(NC(=O)CN4CCN(CC5CCC(n6cc(-c7cnn8ccc(NC9C=CCOC9)nc78)c(C(F)F)n6)CC5)CC4)cccc23)CN1. The molecule has 0 radical (unpaired) electrons. The second kappa shape index (κ2) is 16.3. The van der Waals surface area contributed by atoms with Crippen LogP contribution in [-0.4, -0.2) is 116 Å². The van der Waals surface area contributed by atoms with Crippen LogP contribution in [0.3, 0.4) is 0 Å². The molecule has 3 fully saturated rings. The molecule has 1 aromatic carbocycles. The minimum Gasteiger partial charge on any atom is -0.375 e. The lowest BCUT2D eigenvalue weighted by Crippen LogP contribution is -2.49. The molecule has 5 aromatic rings. The average molecular weight is 784 g/mol. The number of hydrogen-bond acceptors (Lipinski definition) is 11. The number of nitrogens with one attached hydrogen (secondary N) is 3. The Hall–Kier alpha value is -5.26. The Bertz CT molecular complexity index is 2240. The van der Waals surface area contributed by atoms with Crippen LogP contribution in [-0.2, 0) is 14.3 Å². The standard InChI is InChI=1S/C40H47F2N11O4/c41-39(42)37-31(30-20-44-52-13-12-33(47-40(30)52)45-27-3-2-18-56-24-27)22-53(48-37)28-9-6-25(7-10-28)21-50-14-16-51(17-15-50)23-35(55)46-32-5-1-4-29-36(49-57-38(29)32)26-8-11-34(54)43-19-26/h1-5,12-13,20,22,25-28,39H,6-11,14-19,21,23-24H2,(H,43,54)(H,45,47)(H,46,55). The summed E-state index contributed by atoms with van der Waals surface area (Å²) in [4.78, 5) is 34.2. The molecule has 0 bridgehead atoms. The highest BCUT2D eigenvalue weighted by atomic mass is 19.3. The number of amides is 2. The minimum absolute atomic E-state index is 0.0261. The number of para-hydroxylation sites is 1. The molecule has 57 heavy (non-hydrogen) atoms. The molecule has 4 aromatic heterocycles. The molecule has 2 unspecified atom stereocenters. The zero-order chi connectivity index (χ0) is 38.9. The molecule has 300 valence electrons. The summed E-state index contributed by atoms with van der Waals surface area (Å²) in [6, 6.07) is 7.48. The molecular weight excluding hydrogens is 737 g/mol. The van der Waals surface area contributed by atoms with Crippen molar-refractivity contribution in [2.24, 2.45) is 5.92 Å². The van der Waals surface area contributed by atoms with Crippen LogP contribution in [0.4, 0.5) is 20.3 Å². The molecule has 9 rings (SSSR count). The Morgan fingerprint density at radius 3 is 2.65 bits per heavy atom. The van der Waals surface area contributed by atoms with E-state index in [0.717, 1.165) is 69.5 Å². The summed E-state index contributed by atoms with van der Waals surface area (Å²) in [6.45, 7) is 6.24. The maximum Gasteiger partial charge on any atom is 0.282 e. The number of carbonyl (C=O) groups excluding carboxylic acids is 2. The van der Waals surface area contributed by atoms with E-state index in [1.165, 1.54) is 0 Å². The number of nitrogens with zero attached hydrogens (tertiary/aromatic N) is 8. The van der Waals surface area contributed by atoms with Gasteiger partial charge in [0.25, 0.3) is 6.43 Å². The van der Waals surface area contributed by atoms with E-state index in [2.05, 4.69) is 41.1 Å². The van der Waals surface area contributed by atoms with Crippen molar-refractivity contribution in [3.8, 4) is 11.1 Å². The number of piperazine rings is 1. The molecule has 15 nitrogen and oxygen atoms in total. The van der Waals surface area contributed by atoms with Gasteiger partial charge in [0.2, 0.25) is 11.8 Å². The molecule has 7 heterocycles. The number of rotatable bonds is 11. The summed E-state index contributed by atoms with van der Waals surface area (Å²) in [5.74, 6) is 1.16. The highest BCUT2D eigenvalue weighted by Gasteiger charge is 2.30. The first-order chi connectivity index (χ1) is 27.8. The van der Waals surface area contributed by atoms with Crippen molar-refractivity contribution >= 4 is 39.9 Å². The number of ether oxygens (including phenoxy) is 1. The van der Waals surface area contributed by atoms with Crippen molar-refractivity contribution in [2.75, 3.05) is 69.7 Å². The highest BCUT2D eigenvalue weighted by Crippen LogP contribution is 2.38. The van der Waals surface area contributed by atoms with Gasteiger partial charge in [-0.3, -0.25) is 19.2 Å². The van der Waals surface area contributed by atoms with Gasteiger partial charge in [-0.1, -0.05) is 23.4 Å². The van der Waals surface area contributed by atoms with Gasteiger partial charge in [0.1, 0.15) is 11.5 Å². The molecule has 4 aliphatic rings. The van der Waals surface area contributed by atoms with Crippen molar-refractivity contribution in [1.29, 1.82) is 0 Å². The molecule has 17 heteroatoms. The second-order valence-corrected chi connectivity index (χ2v) is 15.7. The summed E-state index contributed by atoms with van der Waals surface area (Å²) in [7, 11) is 0. The van der Waals surface area contributed by atoms with E-state index in [1.54, 1.807) is 27.8 Å². The molecule has 2 saturated heterocycles. The van der Waals surface area contributed by atoms with Crippen LogP contribution in [0, 0.1) is 5.92 Å². The van der Waals surface area contributed by atoms with Gasteiger partial charge in [-0.05, 0) is 56.2 Å². The summed E-state index contributed by atoms with van der Waals surface area (Å²) >= 11 is 0. The summed E-state index contributed by atoms with van der Waals surface area (Å²) < 4.78 is 43.4. The first-order valence-electron chi connectivity index (χ1n) is 20.0. The molecule has 1 aliphatic carbocycles. The predicted octanol–water partition coefficient (Wildman–Crippen LogP) is 5.02. The molecule has 2 amide bonds. The van der Waals surface area contributed by atoms with E-state index in [-0.39, 0.29) is 42.1 Å². The minimum atomic E-state index is -2.74. The number of aromatic nitrogens is 6. The lowest BCUT2D eigenvalue weighted by molar-refractivity contribution is -0.122. The number of hydrogen-bond donors (Lipinski definition) is 3. The third-order valence-electron chi connectivity index (χ3n) is 11.8. The van der Waals surface area contributed by atoms with Crippen molar-refractivity contribution in [2.45, 2.75) is 63.0 Å². The maximum absolute atomic E-state index is 14.4. The normalized spacial score (nSPS) is 23.7. The van der Waals surface area contributed by atoms with E-state index >= 15 is 0 Å². The van der Waals surface area contributed by atoms with E-state index in [4.69, 9.17) is 14.2 Å². The third-order valence-corrected chi connectivity index (χ3v) is 11.8. The van der Waals surface area contributed by atoms with Crippen LogP contribution >= 0.6 is 0 Å². The molecule has 3 aliphatic heterocycles. The van der Waals surface area contributed by atoms with Crippen LogP contribution < -0.4 is 16.0 Å². The fourth-order valence-corrected chi connectivity index (χ4v) is 8.74. The van der Waals surface area contributed by atoms with Gasteiger partial charge in [-0.25, -0.2) is 18.3 Å². The Morgan fingerprint density at radius 1 is 1.04 bits per heavy atom. The van der Waals surface area contributed by atoms with Crippen LogP contribution in [0.25, 0.3) is 27.7 Å². The van der Waals surface area contributed by atoms with Gasteiger partial charge >= 0.3 is 0 Å². The topological polar surface area (TPSA) is 160 Å². The Kier molecular flexibility index (Phi) is 10.7. The predicted molar refractivity (Wildman–Crippen MR) is 208 cm³/mol. The number of carbonyl (C=O) groups is 2. The number of benzene rings is 1. The maximum atomic E-state index is 14.4. The fraction of sp³-hybridized carbons (Fsp3) is 0.500. The third kappa shape index (κ3) is 8.13. The number of fused-ring (bicyclic) bond motifs is 2. The van der Waals surface area contributed by atoms with Crippen molar-refractivity contribution in [3.63, 3.8) is 0 Å². The average Bonchev–Trinajstić information content (AvgIpc) is 3.97. The van der Waals surface area contributed by atoms with Crippen molar-refractivity contribution in [1.82, 2.24) is 44.7 Å². The van der Waals surface area contributed by atoms with Crippen molar-refractivity contribution in [3.05, 3.63) is 66.4 Å². The lowest BCUT2D eigenvalue weighted by Gasteiger charge is -2.38. The van der Waals surface area contributed by atoms with Gasteiger partial charge in [0.05, 0.1) is 55.0 Å². The zero-order valence-electron chi connectivity index (χ0n) is 31.7. The van der Waals surface area contributed by atoms with Gasteiger partial charge < -0.3 is 30.1 Å². The number of halogens is 2. The number of piperidine rings is 1. The van der Waals surface area contributed by atoms with Gasteiger partial charge in [0, 0.05) is 75.0 Å². The van der Waals surface area contributed by atoms with Crippen LogP contribution in [0.1, 0.15) is 68.3 Å². The summed E-state index contributed by atoms with van der Waals surface area (Å²) in [5, 5.41) is 23.3. The van der Waals surface area contributed by atoms with Crippen LogP contribution in [0.15, 0.2) is 59.5 Å². The van der Waals surface area contributed by atoms with Gasteiger partial charge in [-0.15, -0.1) is 0 Å². The fourth-order valence-electron chi connectivity index (χ4n) is 8.74. The largest absolute Gasteiger partial charge is 0.375 e. The number of anilines is 2. The zero-order valence-corrected chi connectivity index (χ0v) is 31.7. The molecule has 1 saturated carbocycles. The van der Waals surface area contributed by atoms with Gasteiger partial charge in [-0.2, -0.15) is 10.2 Å². The van der Waals surface area contributed by atoms with Crippen LogP contribution in [0.2, 0.25) is 0 Å². The van der Waals surface area contributed by atoms with E-state index in [0.29, 0.717) is 72.4 Å². The Labute approximate surface area is 327 Å². The second-order valence-electron chi connectivity index (χ2n) is 15.7. The first-order valence-corrected chi connectivity index (χ1v) is 20.0. The van der Waals surface area contributed by atoms with Crippen LogP contribution in [0.5, 0.6) is 0 Å². The molecule has 2 atom stereocenters.